The zero-order chi connectivity index (χ0) is 8.85. The van der Waals surface area contributed by atoms with Crippen molar-refractivity contribution < 1.29 is 15.0 Å². The van der Waals surface area contributed by atoms with Gasteiger partial charge in [0.05, 0.1) is 12.5 Å². The summed E-state index contributed by atoms with van der Waals surface area (Å²) >= 11 is 0. The molecule has 0 bridgehead atoms. The van der Waals surface area contributed by atoms with Crippen molar-refractivity contribution in [1.29, 1.82) is 0 Å². The molecule has 1 unspecified atom stereocenters. The molecular weight excluding hydrogens is 144 g/mol. The van der Waals surface area contributed by atoms with E-state index in [1.54, 1.807) is 0 Å². The van der Waals surface area contributed by atoms with Crippen LogP contribution in [0.2, 0.25) is 0 Å². The average Bonchev–Trinajstić information content (AvgIpc) is 1.85. The van der Waals surface area contributed by atoms with Gasteiger partial charge in [0.25, 0.3) is 0 Å². The summed E-state index contributed by atoms with van der Waals surface area (Å²) in [7, 11) is 0. The smallest absolute Gasteiger partial charge is 0.305 e. The molecule has 3 nitrogen and oxygen atoms in total. The Labute approximate surface area is 67.0 Å². The van der Waals surface area contributed by atoms with Crippen LogP contribution in [0, 0.1) is 5.92 Å². The first-order chi connectivity index (χ1) is 5.06. The van der Waals surface area contributed by atoms with E-state index in [-0.39, 0.29) is 6.42 Å². The largest absolute Gasteiger partial charge is 0.481 e. The molecule has 0 amide bonds. The van der Waals surface area contributed by atoms with E-state index < -0.39 is 12.1 Å². The zero-order valence-corrected chi connectivity index (χ0v) is 7.08. The van der Waals surface area contributed by atoms with Crippen molar-refractivity contribution in [3.05, 3.63) is 0 Å². The predicted molar refractivity (Wildman–Crippen MR) is 42.3 cm³/mol. The van der Waals surface area contributed by atoms with E-state index in [4.69, 9.17) is 10.2 Å². The number of aliphatic hydroxyl groups is 1. The van der Waals surface area contributed by atoms with Gasteiger partial charge in [0.15, 0.2) is 0 Å². The maximum absolute atomic E-state index is 10.1. The highest BCUT2D eigenvalue weighted by molar-refractivity contribution is 5.67. The molecule has 2 atom stereocenters. The number of carbonyl (C=O) groups is 1. The van der Waals surface area contributed by atoms with Crippen molar-refractivity contribution in [2.45, 2.75) is 39.2 Å². The van der Waals surface area contributed by atoms with Crippen molar-refractivity contribution >= 4 is 5.97 Å². The standard InChI is InChI=1S/C8H16O3/c1-3-6(2)4-7(9)5-8(10)11/h6-7,9H,3-5H2,1-2H3,(H,10,11)/t6-,7?/m1/s1. The van der Waals surface area contributed by atoms with Crippen LogP contribution >= 0.6 is 0 Å². The molecule has 11 heavy (non-hydrogen) atoms. The molecule has 3 heteroatoms. The predicted octanol–water partition coefficient (Wildman–Crippen LogP) is 1.26. The maximum Gasteiger partial charge on any atom is 0.305 e. The van der Waals surface area contributed by atoms with Crippen LogP contribution in [0.3, 0.4) is 0 Å². The van der Waals surface area contributed by atoms with Crippen LogP contribution in [0.1, 0.15) is 33.1 Å². The third-order valence-electron chi connectivity index (χ3n) is 1.78. The first-order valence-electron chi connectivity index (χ1n) is 3.96. The van der Waals surface area contributed by atoms with Gasteiger partial charge in [-0.25, -0.2) is 0 Å². The van der Waals surface area contributed by atoms with Crippen molar-refractivity contribution in [2.75, 3.05) is 0 Å². The average molecular weight is 160 g/mol. The summed E-state index contributed by atoms with van der Waals surface area (Å²) < 4.78 is 0. The number of hydrogen-bond acceptors (Lipinski definition) is 2. The Hall–Kier alpha value is -0.570. The molecule has 0 aromatic rings. The maximum atomic E-state index is 10.1. The lowest BCUT2D eigenvalue weighted by Crippen LogP contribution is -2.15. The van der Waals surface area contributed by atoms with Gasteiger partial charge in [-0.1, -0.05) is 20.3 Å². The van der Waals surface area contributed by atoms with Crippen LogP contribution < -0.4 is 0 Å². The van der Waals surface area contributed by atoms with Gasteiger partial charge >= 0.3 is 5.97 Å². The molecule has 0 rings (SSSR count). The number of hydrogen-bond donors (Lipinski definition) is 2. The van der Waals surface area contributed by atoms with Crippen LogP contribution in [0.25, 0.3) is 0 Å². The summed E-state index contributed by atoms with van der Waals surface area (Å²) in [5.74, 6) is -0.523. The number of carboxylic acid groups (broad SMARTS) is 1. The number of aliphatic hydroxyl groups excluding tert-OH is 1. The minimum atomic E-state index is -0.930. The van der Waals surface area contributed by atoms with E-state index in [1.165, 1.54) is 0 Å². The van der Waals surface area contributed by atoms with Gasteiger partial charge in [-0.2, -0.15) is 0 Å². The van der Waals surface area contributed by atoms with E-state index in [2.05, 4.69) is 0 Å². The van der Waals surface area contributed by atoms with Crippen molar-refractivity contribution in [1.82, 2.24) is 0 Å². The normalized spacial score (nSPS) is 15.9. The Morgan fingerprint density at radius 3 is 2.45 bits per heavy atom. The van der Waals surface area contributed by atoms with Gasteiger partial charge in [-0.05, 0) is 12.3 Å². The van der Waals surface area contributed by atoms with Crippen LogP contribution in [-0.2, 0) is 4.79 Å². The monoisotopic (exact) mass is 160 g/mol. The quantitative estimate of drug-likeness (QED) is 0.636. The lowest BCUT2D eigenvalue weighted by atomic mass is 9.99. The van der Waals surface area contributed by atoms with Crippen LogP contribution in [0.4, 0.5) is 0 Å². The van der Waals surface area contributed by atoms with Crippen molar-refractivity contribution in [3.8, 4) is 0 Å². The van der Waals surface area contributed by atoms with E-state index in [9.17, 15) is 4.79 Å². The van der Waals surface area contributed by atoms with Crippen LogP contribution in [-0.4, -0.2) is 22.3 Å². The molecule has 0 saturated carbocycles. The fourth-order valence-electron chi connectivity index (χ4n) is 0.916. The minimum absolute atomic E-state index is 0.135. The van der Waals surface area contributed by atoms with Gasteiger partial charge in [-0.3, -0.25) is 4.79 Å². The number of aliphatic carboxylic acids is 1. The van der Waals surface area contributed by atoms with Crippen LogP contribution in [0.5, 0.6) is 0 Å². The van der Waals surface area contributed by atoms with Crippen LogP contribution in [0.15, 0.2) is 0 Å². The van der Waals surface area contributed by atoms with Gasteiger partial charge in [0, 0.05) is 0 Å². The van der Waals surface area contributed by atoms with Gasteiger partial charge in [0.2, 0.25) is 0 Å². The molecule has 0 aromatic heterocycles. The fourth-order valence-corrected chi connectivity index (χ4v) is 0.916. The summed E-state index contributed by atoms with van der Waals surface area (Å²) in [4.78, 5) is 10.1. The Morgan fingerprint density at radius 1 is 1.55 bits per heavy atom. The second-order valence-electron chi connectivity index (χ2n) is 3.00. The minimum Gasteiger partial charge on any atom is -0.481 e. The van der Waals surface area contributed by atoms with Crippen molar-refractivity contribution in [2.24, 2.45) is 5.92 Å². The first kappa shape index (κ1) is 10.4. The third kappa shape index (κ3) is 5.85. The van der Waals surface area contributed by atoms with Gasteiger partial charge < -0.3 is 10.2 Å². The third-order valence-corrected chi connectivity index (χ3v) is 1.78. The Morgan fingerprint density at radius 2 is 2.09 bits per heavy atom. The molecule has 0 spiro atoms. The molecule has 0 radical (unpaired) electrons. The van der Waals surface area contributed by atoms with E-state index >= 15 is 0 Å². The molecular formula is C8H16O3. The Kier molecular flexibility index (Phi) is 4.86. The molecule has 0 saturated heterocycles. The molecule has 0 aromatic carbocycles. The van der Waals surface area contributed by atoms with E-state index in [0.29, 0.717) is 12.3 Å². The highest BCUT2D eigenvalue weighted by atomic mass is 16.4. The highest BCUT2D eigenvalue weighted by Gasteiger charge is 2.11. The number of rotatable bonds is 5. The second kappa shape index (κ2) is 5.13. The Balaban J connectivity index is 3.51. The molecule has 2 N–H and O–H groups in total. The molecule has 0 aliphatic heterocycles. The van der Waals surface area contributed by atoms with Gasteiger partial charge in [-0.15, -0.1) is 0 Å². The first-order valence-corrected chi connectivity index (χ1v) is 3.96. The second-order valence-corrected chi connectivity index (χ2v) is 3.00. The van der Waals surface area contributed by atoms with E-state index in [1.807, 2.05) is 13.8 Å². The lowest BCUT2D eigenvalue weighted by molar-refractivity contribution is -0.139. The molecule has 0 aliphatic carbocycles. The Bertz CT molecular complexity index is 123. The topological polar surface area (TPSA) is 57.5 Å². The summed E-state index contributed by atoms with van der Waals surface area (Å²) in [6.07, 6.45) is 0.756. The van der Waals surface area contributed by atoms with Crippen molar-refractivity contribution in [3.63, 3.8) is 0 Å². The molecule has 0 aliphatic rings. The van der Waals surface area contributed by atoms with Gasteiger partial charge in [0.1, 0.15) is 0 Å². The molecule has 0 fully saturated rings. The highest BCUT2D eigenvalue weighted by Crippen LogP contribution is 2.11. The summed E-state index contributed by atoms with van der Waals surface area (Å²) in [6.45, 7) is 4.03. The summed E-state index contributed by atoms with van der Waals surface area (Å²) in [5.41, 5.74) is 0. The zero-order valence-electron chi connectivity index (χ0n) is 7.08. The molecule has 0 heterocycles. The van der Waals surface area contributed by atoms with E-state index in [0.717, 1.165) is 6.42 Å². The summed E-state index contributed by atoms with van der Waals surface area (Å²) in [5, 5.41) is 17.4. The summed E-state index contributed by atoms with van der Waals surface area (Å²) in [6, 6.07) is 0. The number of carboxylic acids is 1. The SMILES string of the molecule is CC[C@@H](C)CC(O)CC(=O)O. The lowest BCUT2D eigenvalue weighted by Gasteiger charge is -2.12. The molecule has 66 valence electrons. The fraction of sp³-hybridized carbons (Fsp3) is 0.875.